The third-order valence-corrected chi connectivity index (χ3v) is 1.61. The fourth-order valence-electron chi connectivity index (χ4n) is 0.234. The predicted octanol–water partition coefficient (Wildman–Crippen LogP) is 1.09. The molecule has 1 nitrogen and oxygen atoms in total. The Balaban J connectivity index is 2.59. The van der Waals surface area contributed by atoms with Crippen molar-refractivity contribution in [3.05, 3.63) is 0 Å². The van der Waals surface area contributed by atoms with Crippen LogP contribution in [0.4, 0.5) is 0 Å². The summed E-state index contributed by atoms with van der Waals surface area (Å²) in [4.78, 5) is 0.958. The van der Waals surface area contributed by atoms with Crippen LogP contribution in [0.1, 0.15) is 0 Å². The van der Waals surface area contributed by atoms with Crippen molar-refractivity contribution in [1.29, 1.82) is 0 Å². The maximum atomic E-state index is 4.75. The van der Waals surface area contributed by atoms with Crippen molar-refractivity contribution in [3.63, 3.8) is 0 Å². The summed E-state index contributed by atoms with van der Waals surface area (Å²) in [5, 5.41) is 0. The molecule has 0 saturated heterocycles. The number of nitrogens with zero attached hydrogens (tertiary/aromatic N) is 1. The third kappa shape index (κ3) is 0.786. The smallest absolute Gasteiger partial charge is 0.0522 e. The van der Waals surface area contributed by atoms with Crippen molar-refractivity contribution in [3.8, 4) is 0 Å². The second kappa shape index (κ2) is 1.71. The molecule has 0 atom stereocenters. The van der Waals surface area contributed by atoms with Gasteiger partial charge in [0.15, 0.2) is 0 Å². The normalized spacial score (nSPS) is 19.7. The summed E-state index contributed by atoms with van der Waals surface area (Å²) in [5.41, 5.74) is 0. The lowest BCUT2D eigenvalue weighted by Crippen LogP contribution is -1.89. The lowest BCUT2D eigenvalue weighted by molar-refractivity contribution is 2.02. The molecule has 3 heteroatoms. The van der Waals surface area contributed by atoms with Crippen LogP contribution in [0.15, 0.2) is 4.40 Å². The topological polar surface area (TPSA) is 12.4 Å². The van der Waals surface area contributed by atoms with Crippen molar-refractivity contribution in [1.82, 2.24) is 0 Å². The minimum absolute atomic E-state index is 0.912. The molecule has 1 aliphatic heterocycles. The molecule has 0 aromatic rings. The van der Waals surface area contributed by atoms with Gasteiger partial charge in [-0.1, -0.05) is 12.2 Å². The van der Waals surface area contributed by atoms with Crippen LogP contribution in [-0.2, 0) is 0 Å². The lowest BCUT2D eigenvalue weighted by Gasteiger charge is -1.71. The molecule has 6 heavy (non-hydrogen) atoms. The van der Waals surface area contributed by atoms with Gasteiger partial charge in [0.25, 0.3) is 0 Å². The van der Waals surface area contributed by atoms with E-state index in [1.54, 1.807) is 6.21 Å². The molecule has 32 valence electrons. The highest BCUT2D eigenvalue weighted by Crippen LogP contribution is 2.06. The highest BCUT2D eigenvalue weighted by Gasteiger charge is 1.96. The zero-order valence-corrected chi connectivity index (χ0v) is 4.68. The van der Waals surface area contributed by atoms with E-state index in [1.165, 1.54) is 11.9 Å². The van der Waals surface area contributed by atoms with Gasteiger partial charge in [0.2, 0.25) is 0 Å². The van der Waals surface area contributed by atoms with E-state index < -0.39 is 0 Å². The SMILES string of the molecule is S=C1C=NSC1. The zero-order chi connectivity index (χ0) is 4.41. The van der Waals surface area contributed by atoms with Crippen molar-refractivity contribution in [2.24, 2.45) is 4.40 Å². The van der Waals surface area contributed by atoms with Crippen molar-refractivity contribution in [2.75, 3.05) is 5.75 Å². The minimum Gasteiger partial charge on any atom is -0.223 e. The van der Waals surface area contributed by atoms with Gasteiger partial charge in [0.1, 0.15) is 0 Å². The molecule has 1 rings (SSSR count). The average molecular weight is 117 g/mol. The molecular weight excluding hydrogens is 114 g/mol. The Hall–Kier alpha value is 0.110. The van der Waals surface area contributed by atoms with E-state index in [4.69, 9.17) is 12.2 Å². The molecule has 0 N–H and O–H groups in total. The summed E-state index contributed by atoms with van der Waals surface area (Å²) in [6.07, 6.45) is 1.72. The van der Waals surface area contributed by atoms with E-state index in [0.29, 0.717) is 0 Å². The second-order valence-corrected chi connectivity index (χ2v) is 2.26. The number of hydrogen-bond acceptors (Lipinski definition) is 3. The molecule has 0 fully saturated rings. The zero-order valence-electron chi connectivity index (χ0n) is 3.05. The molecule has 0 spiro atoms. The molecular formula is C3H3NS2. The van der Waals surface area contributed by atoms with E-state index in [2.05, 4.69) is 4.40 Å². The maximum Gasteiger partial charge on any atom is 0.0522 e. The van der Waals surface area contributed by atoms with Gasteiger partial charge in [0.05, 0.1) is 5.75 Å². The van der Waals surface area contributed by atoms with Crippen LogP contribution in [0.25, 0.3) is 0 Å². The van der Waals surface area contributed by atoms with Crippen molar-refractivity contribution >= 4 is 35.2 Å². The summed E-state index contributed by atoms with van der Waals surface area (Å²) in [6.45, 7) is 0. The first-order valence-corrected chi connectivity index (χ1v) is 2.93. The van der Waals surface area contributed by atoms with Gasteiger partial charge in [0, 0.05) is 11.1 Å². The molecule has 0 aromatic heterocycles. The standard InChI is InChI=1S/C3H3NS2/c5-3-1-4-6-2-3/h1H,2H2. The Bertz CT molecular complexity index is 97.0. The van der Waals surface area contributed by atoms with E-state index >= 15 is 0 Å². The Morgan fingerprint density at radius 2 is 2.83 bits per heavy atom. The van der Waals surface area contributed by atoms with Crippen LogP contribution in [0.3, 0.4) is 0 Å². The van der Waals surface area contributed by atoms with Gasteiger partial charge in [-0.3, -0.25) is 0 Å². The van der Waals surface area contributed by atoms with Crippen LogP contribution < -0.4 is 0 Å². The van der Waals surface area contributed by atoms with Crippen molar-refractivity contribution < 1.29 is 0 Å². The number of hydrogen-bond donors (Lipinski definition) is 0. The monoisotopic (exact) mass is 117 g/mol. The summed E-state index contributed by atoms with van der Waals surface area (Å²) in [7, 11) is 0. The second-order valence-electron chi connectivity index (χ2n) is 0.974. The van der Waals surface area contributed by atoms with Crippen LogP contribution in [0.5, 0.6) is 0 Å². The van der Waals surface area contributed by atoms with Crippen LogP contribution >= 0.6 is 24.2 Å². The highest BCUT2D eigenvalue weighted by atomic mass is 32.2. The average Bonchev–Trinajstić information content (AvgIpc) is 1.86. The van der Waals surface area contributed by atoms with Gasteiger partial charge in [-0.2, -0.15) is 0 Å². The largest absolute Gasteiger partial charge is 0.223 e. The fraction of sp³-hybridized carbons (Fsp3) is 0.333. The quantitative estimate of drug-likeness (QED) is 0.348. The maximum absolute atomic E-state index is 4.75. The highest BCUT2D eigenvalue weighted by molar-refractivity contribution is 8.01. The van der Waals surface area contributed by atoms with Gasteiger partial charge < -0.3 is 0 Å². The van der Waals surface area contributed by atoms with Crippen LogP contribution in [0, 0.1) is 0 Å². The molecule has 0 unspecified atom stereocenters. The summed E-state index contributed by atoms with van der Waals surface area (Å²) < 4.78 is 3.81. The summed E-state index contributed by atoms with van der Waals surface area (Å²) in [5.74, 6) is 0.912. The molecule has 0 aliphatic carbocycles. The first-order chi connectivity index (χ1) is 2.89. The third-order valence-electron chi connectivity index (χ3n) is 0.478. The van der Waals surface area contributed by atoms with Gasteiger partial charge in [-0.15, -0.1) is 0 Å². The predicted molar refractivity (Wildman–Crippen MR) is 33.5 cm³/mol. The first kappa shape index (κ1) is 4.27. The van der Waals surface area contributed by atoms with E-state index in [1.807, 2.05) is 0 Å². The molecule has 1 aliphatic rings. The van der Waals surface area contributed by atoms with E-state index in [-0.39, 0.29) is 0 Å². The lowest BCUT2D eigenvalue weighted by atomic mass is 10.5. The Morgan fingerprint density at radius 1 is 2.00 bits per heavy atom. The molecule has 0 bridgehead atoms. The van der Waals surface area contributed by atoms with E-state index in [9.17, 15) is 0 Å². The minimum atomic E-state index is 0.912. The Morgan fingerprint density at radius 3 is 3.00 bits per heavy atom. The fourth-order valence-corrected chi connectivity index (χ4v) is 0.990. The molecule has 0 amide bonds. The molecule has 0 saturated carbocycles. The first-order valence-electron chi connectivity index (χ1n) is 1.58. The van der Waals surface area contributed by atoms with Gasteiger partial charge >= 0.3 is 0 Å². The number of thiocarbonyl (C=S) groups is 1. The molecule has 0 aromatic carbocycles. The van der Waals surface area contributed by atoms with E-state index in [0.717, 1.165) is 10.6 Å². The summed E-state index contributed by atoms with van der Waals surface area (Å²) in [6, 6.07) is 0. The summed E-state index contributed by atoms with van der Waals surface area (Å²) >= 11 is 6.26. The Labute approximate surface area is 46.0 Å². The van der Waals surface area contributed by atoms with Gasteiger partial charge in [-0.05, 0) is 11.9 Å². The Kier molecular flexibility index (Phi) is 1.22. The number of rotatable bonds is 0. The van der Waals surface area contributed by atoms with Crippen LogP contribution in [-0.4, -0.2) is 16.8 Å². The van der Waals surface area contributed by atoms with Crippen LogP contribution in [0.2, 0.25) is 0 Å². The molecule has 1 heterocycles. The van der Waals surface area contributed by atoms with Crippen molar-refractivity contribution in [2.45, 2.75) is 0 Å². The molecule has 0 radical (unpaired) electrons. The van der Waals surface area contributed by atoms with Gasteiger partial charge in [-0.25, -0.2) is 4.40 Å².